The van der Waals surface area contributed by atoms with E-state index in [-0.39, 0.29) is 0 Å². The van der Waals surface area contributed by atoms with E-state index >= 15 is 0 Å². The molecule has 96 valence electrons. The lowest BCUT2D eigenvalue weighted by Gasteiger charge is -2.09. The number of hydrogen-bond donors (Lipinski definition) is 1. The van der Waals surface area contributed by atoms with Crippen molar-refractivity contribution in [3.05, 3.63) is 26.2 Å². The molecule has 2 aromatic rings. The van der Waals surface area contributed by atoms with Gasteiger partial charge in [-0.05, 0) is 36.8 Å². The Morgan fingerprint density at radius 3 is 3.00 bits per heavy atom. The van der Waals surface area contributed by atoms with Crippen LogP contribution in [-0.2, 0) is 19.4 Å². The minimum absolute atomic E-state index is 0.697. The van der Waals surface area contributed by atoms with Crippen LogP contribution in [0.3, 0.4) is 0 Å². The Morgan fingerprint density at radius 2 is 2.17 bits per heavy atom. The van der Waals surface area contributed by atoms with Crippen molar-refractivity contribution in [2.75, 3.05) is 6.54 Å². The highest BCUT2D eigenvalue weighted by molar-refractivity contribution is 7.12. The van der Waals surface area contributed by atoms with E-state index in [9.17, 15) is 0 Å². The maximum Gasteiger partial charge on any atom is 0.107 e. The van der Waals surface area contributed by atoms with Gasteiger partial charge in [0, 0.05) is 21.9 Å². The van der Waals surface area contributed by atoms with Gasteiger partial charge in [-0.2, -0.15) is 0 Å². The third kappa shape index (κ3) is 2.37. The number of thiophene rings is 1. The van der Waals surface area contributed by atoms with Crippen LogP contribution < -0.4 is 5.32 Å². The molecule has 0 spiro atoms. The molecule has 2 heterocycles. The predicted molar refractivity (Wildman–Crippen MR) is 79.4 cm³/mol. The molecule has 0 atom stereocenters. The molecule has 1 aliphatic rings. The summed E-state index contributed by atoms with van der Waals surface area (Å²) in [6.07, 6.45) is 2.37. The normalized spacial score (nSPS) is 13.7. The molecule has 0 saturated heterocycles. The lowest BCUT2D eigenvalue weighted by molar-refractivity contribution is 0.551. The number of aryl methyl sites for hydroxylation is 2. The van der Waals surface area contributed by atoms with Gasteiger partial charge in [0.15, 0.2) is 0 Å². The minimum atomic E-state index is 0.697. The quantitative estimate of drug-likeness (QED) is 0.922. The van der Waals surface area contributed by atoms with E-state index in [1.807, 2.05) is 22.7 Å². The van der Waals surface area contributed by atoms with Crippen LogP contribution in [0.2, 0.25) is 0 Å². The van der Waals surface area contributed by atoms with Crippen molar-refractivity contribution < 1.29 is 0 Å². The summed E-state index contributed by atoms with van der Waals surface area (Å²) in [4.78, 5) is 7.81. The summed E-state index contributed by atoms with van der Waals surface area (Å²) >= 11 is 3.75. The lowest BCUT2D eigenvalue weighted by atomic mass is 10.0. The first-order valence-corrected chi connectivity index (χ1v) is 8.19. The van der Waals surface area contributed by atoms with Crippen LogP contribution in [0.5, 0.6) is 0 Å². The average Bonchev–Trinajstić information content (AvgIpc) is 2.92. The van der Waals surface area contributed by atoms with Crippen molar-refractivity contribution in [2.24, 2.45) is 5.92 Å². The first-order valence-electron chi connectivity index (χ1n) is 6.50. The summed E-state index contributed by atoms with van der Waals surface area (Å²) in [6.45, 7) is 6.44. The van der Waals surface area contributed by atoms with Crippen molar-refractivity contribution in [3.8, 4) is 11.3 Å². The number of thiazole rings is 1. The Labute approximate surface area is 116 Å². The number of nitrogens with one attached hydrogen (secondary N) is 1. The van der Waals surface area contributed by atoms with E-state index < -0.39 is 0 Å². The predicted octanol–water partition coefficient (Wildman–Crippen LogP) is 3.72. The van der Waals surface area contributed by atoms with Gasteiger partial charge in [-0.1, -0.05) is 13.8 Å². The van der Waals surface area contributed by atoms with Crippen molar-refractivity contribution in [1.82, 2.24) is 10.3 Å². The van der Waals surface area contributed by atoms with Crippen LogP contribution in [0.25, 0.3) is 11.3 Å². The lowest BCUT2D eigenvalue weighted by Crippen LogP contribution is -2.18. The van der Waals surface area contributed by atoms with Gasteiger partial charge < -0.3 is 5.32 Å². The van der Waals surface area contributed by atoms with Crippen molar-refractivity contribution >= 4 is 22.7 Å². The Balaban J connectivity index is 1.77. The Morgan fingerprint density at radius 1 is 1.33 bits per heavy atom. The van der Waals surface area contributed by atoms with E-state index in [2.05, 4.69) is 30.6 Å². The molecule has 3 rings (SSSR count). The number of fused-ring (bicyclic) bond motifs is 3. The Bertz CT molecular complexity index is 540. The van der Waals surface area contributed by atoms with Crippen molar-refractivity contribution in [3.63, 3.8) is 0 Å². The van der Waals surface area contributed by atoms with Gasteiger partial charge in [0.1, 0.15) is 5.01 Å². The second-order valence-electron chi connectivity index (χ2n) is 5.16. The zero-order chi connectivity index (χ0) is 12.5. The summed E-state index contributed by atoms with van der Waals surface area (Å²) in [5.41, 5.74) is 2.64. The molecule has 0 unspecified atom stereocenters. The highest BCUT2D eigenvalue weighted by Crippen LogP contribution is 2.38. The van der Waals surface area contributed by atoms with Gasteiger partial charge in [0.2, 0.25) is 0 Å². The second-order valence-corrected chi connectivity index (χ2v) is 7.33. The van der Waals surface area contributed by atoms with Gasteiger partial charge in [-0.25, -0.2) is 4.98 Å². The monoisotopic (exact) mass is 278 g/mol. The molecular formula is C14H18N2S2. The third-order valence-electron chi connectivity index (χ3n) is 3.15. The van der Waals surface area contributed by atoms with Gasteiger partial charge >= 0.3 is 0 Å². The fraction of sp³-hybridized carbons (Fsp3) is 0.500. The largest absolute Gasteiger partial charge is 0.310 e. The molecule has 0 aromatic carbocycles. The fourth-order valence-electron chi connectivity index (χ4n) is 2.30. The molecule has 0 saturated carbocycles. The smallest absolute Gasteiger partial charge is 0.107 e. The highest BCUT2D eigenvalue weighted by Gasteiger charge is 2.21. The molecule has 18 heavy (non-hydrogen) atoms. The number of nitrogens with zero attached hydrogens (tertiary/aromatic N) is 1. The number of hydrogen-bond acceptors (Lipinski definition) is 4. The Kier molecular flexibility index (Phi) is 3.50. The third-order valence-corrected chi connectivity index (χ3v) is 5.25. The van der Waals surface area contributed by atoms with E-state index in [1.54, 1.807) is 0 Å². The average molecular weight is 278 g/mol. The first kappa shape index (κ1) is 12.3. The fourth-order valence-corrected chi connectivity index (χ4v) is 4.23. The minimum Gasteiger partial charge on any atom is -0.310 e. The maximum atomic E-state index is 4.82. The topological polar surface area (TPSA) is 24.9 Å². The van der Waals surface area contributed by atoms with Crippen LogP contribution >= 0.6 is 22.7 Å². The summed E-state index contributed by atoms with van der Waals surface area (Å²) in [7, 11) is 0. The summed E-state index contributed by atoms with van der Waals surface area (Å²) in [6, 6.07) is 2.23. The van der Waals surface area contributed by atoms with E-state index in [1.165, 1.54) is 38.9 Å². The van der Waals surface area contributed by atoms with E-state index in [0.29, 0.717) is 5.92 Å². The van der Waals surface area contributed by atoms with Crippen LogP contribution in [0.4, 0.5) is 0 Å². The van der Waals surface area contributed by atoms with Gasteiger partial charge in [-0.3, -0.25) is 0 Å². The molecule has 2 aromatic heterocycles. The summed E-state index contributed by atoms with van der Waals surface area (Å²) in [5, 5.41) is 6.90. The van der Waals surface area contributed by atoms with E-state index in [0.717, 1.165) is 13.1 Å². The van der Waals surface area contributed by atoms with Gasteiger partial charge in [-0.15, -0.1) is 22.7 Å². The van der Waals surface area contributed by atoms with Crippen LogP contribution in [-0.4, -0.2) is 11.5 Å². The van der Waals surface area contributed by atoms with Crippen LogP contribution in [0, 0.1) is 5.92 Å². The number of aromatic nitrogens is 1. The van der Waals surface area contributed by atoms with Crippen molar-refractivity contribution in [2.45, 2.75) is 33.2 Å². The summed E-state index contributed by atoms with van der Waals surface area (Å²) in [5.74, 6) is 0.697. The molecule has 4 heteroatoms. The van der Waals surface area contributed by atoms with Crippen molar-refractivity contribution in [1.29, 1.82) is 0 Å². The molecule has 1 N–H and O–H groups in total. The SMILES string of the molecule is CC(C)CNCc1nc2c(s1)CCc1sccc1-2. The molecule has 0 aliphatic heterocycles. The van der Waals surface area contributed by atoms with Gasteiger partial charge in [0.25, 0.3) is 0 Å². The highest BCUT2D eigenvalue weighted by atomic mass is 32.1. The molecule has 2 nitrogen and oxygen atoms in total. The van der Waals surface area contributed by atoms with E-state index in [4.69, 9.17) is 4.98 Å². The van der Waals surface area contributed by atoms with Crippen LogP contribution in [0.1, 0.15) is 28.6 Å². The van der Waals surface area contributed by atoms with Gasteiger partial charge in [0.05, 0.1) is 5.69 Å². The molecule has 0 radical (unpaired) electrons. The zero-order valence-corrected chi connectivity index (χ0v) is 12.5. The molecule has 0 amide bonds. The maximum absolute atomic E-state index is 4.82. The molecule has 0 bridgehead atoms. The molecule has 1 aliphatic carbocycles. The standard InChI is InChI=1S/C14H18N2S2/c1-9(2)7-15-8-13-16-14-10-5-6-17-11(10)3-4-12(14)18-13/h5-6,9,15H,3-4,7-8H2,1-2H3. The Hall–Kier alpha value is -0.710. The van der Waals surface area contributed by atoms with Crippen LogP contribution in [0.15, 0.2) is 11.4 Å². The molecule has 0 fully saturated rings. The first-order chi connectivity index (χ1) is 8.74. The molecular weight excluding hydrogens is 260 g/mol. The zero-order valence-electron chi connectivity index (χ0n) is 10.8. The second kappa shape index (κ2) is 5.11. The summed E-state index contributed by atoms with van der Waals surface area (Å²) < 4.78 is 0. The number of rotatable bonds is 4.